The molecule has 0 N–H and O–H groups in total. The van der Waals surface area contributed by atoms with E-state index >= 15 is 0 Å². The van der Waals surface area contributed by atoms with Gasteiger partial charge in [0.05, 0.1) is 16.4 Å². The highest BCUT2D eigenvalue weighted by atomic mass is 35.5. The molecule has 0 aliphatic heterocycles. The van der Waals surface area contributed by atoms with Crippen molar-refractivity contribution in [2.24, 2.45) is 0 Å². The average Bonchev–Trinajstić information content (AvgIpc) is 2.82. The lowest BCUT2D eigenvalue weighted by Gasteiger charge is -2.20. The number of para-hydroxylation sites is 1. The van der Waals surface area contributed by atoms with E-state index in [4.69, 9.17) is 23.2 Å². The van der Waals surface area contributed by atoms with Gasteiger partial charge in [-0.25, -0.2) is 4.98 Å². The van der Waals surface area contributed by atoms with Gasteiger partial charge in [-0.05, 0) is 52.4 Å². The minimum absolute atomic E-state index is 0.414. The summed E-state index contributed by atoms with van der Waals surface area (Å²) in [5.74, 6) is 1.31. The number of halogens is 2. The first-order valence-electron chi connectivity index (χ1n) is 7.44. The first-order chi connectivity index (χ1) is 10.0. The molecule has 0 unspecified atom stereocenters. The molecule has 3 nitrogen and oxygen atoms in total. The van der Waals surface area contributed by atoms with Crippen LogP contribution in [0.2, 0.25) is 5.02 Å². The molecule has 0 radical (unpaired) electrons. The van der Waals surface area contributed by atoms with E-state index in [1.165, 1.54) is 0 Å². The predicted molar refractivity (Wildman–Crippen MR) is 91.3 cm³/mol. The fourth-order valence-electron chi connectivity index (χ4n) is 2.40. The van der Waals surface area contributed by atoms with Crippen molar-refractivity contribution in [2.45, 2.75) is 45.2 Å². The summed E-state index contributed by atoms with van der Waals surface area (Å²) in [6, 6.07) is 6.49. The standard InChI is InChI=1S/C16H23Cl2N3/c1-12(2)20(3)9-4-5-10-21-14-8-6-7-13(18)16(14)19-15(21)11-17/h6-8,12H,4-5,9-11H2,1-3H3. The van der Waals surface area contributed by atoms with Crippen molar-refractivity contribution in [3.05, 3.63) is 29.0 Å². The number of hydrogen-bond donors (Lipinski definition) is 0. The molecule has 21 heavy (non-hydrogen) atoms. The van der Waals surface area contributed by atoms with Crippen LogP contribution in [0.3, 0.4) is 0 Å². The van der Waals surface area contributed by atoms with Crippen molar-refractivity contribution in [2.75, 3.05) is 13.6 Å². The Labute approximate surface area is 136 Å². The monoisotopic (exact) mass is 327 g/mol. The fraction of sp³-hybridized carbons (Fsp3) is 0.562. The van der Waals surface area contributed by atoms with Gasteiger partial charge in [0.15, 0.2) is 0 Å². The SMILES string of the molecule is CC(C)N(C)CCCCn1c(CCl)nc2c(Cl)cccc21. The topological polar surface area (TPSA) is 21.1 Å². The Morgan fingerprint density at radius 2 is 2.05 bits per heavy atom. The second-order valence-electron chi connectivity index (χ2n) is 5.70. The van der Waals surface area contributed by atoms with Gasteiger partial charge >= 0.3 is 0 Å². The maximum Gasteiger partial charge on any atom is 0.124 e. The molecule has 5 heteroatoms. The van der Waals surface area contributed by atoms with Gasteiger partial charge in [-0.3, -0.25) is 0 Å². The van der Waals surface area contributed by atoms with Gasteiger partial charge in [0, 0.05) is 12.6 Å². The number of aromatic nitrogens is 2. The summed E-state index contributed by atoms with van der Waals surface area (Å²) in [5.41, 5.74) is 1.93. The predicted octanol–water partition coefficient (Wildman–Crippen LogP) is 4.55. The fourth-order valence-corrected chi connectivity index (χ4v) is 2.82. The van der Waals surface area contributed by atoms with Crippen molar-refractivity contribution in [3.63, 3.8) is 0 Å². The molecule has 0 saturated carbocycles. The van der Waals surface area contributed by atoms with Crippen LogP contribution in [0.25, 0.3) is 11.0 Å². The lowest BCUT2D eigenvalue weighted by molar-refractivity contribution is 0.266. The minimum Gasteiger partial charge on any atom is -0.327 e. The zero-order valence-corrected chi connectivity index (χ0v) is 14.5. The van der Waals surface area contributed by atoms with Crippen molar-refractivity contribution < 1.29 is 0 Å². The van der Waals surface area contributed by atoms with Crippen LogP contribution in [0.4, 0.5) is 0 Å². The molecule has 0 atom stereocenters. The highest BCUT2D eigenvalue weighted by Crippen LogP contribution is 2.25. The van der Waals surface area contributed by atoms with E-state index in [1.807, 2.05) is 12.1 Å². The van der Waals surface area contributed by atoms with Crippen LogP contribution in [0.1, 0.15) is 32.5 Å². The van der Waals surface area contributed by atoms with Gasteiger partial charge < -0.3 is 9.47 Å². The van der Waals surface area contributed by atoms with Crippen molar-refractivity contribution in [1.82, 2.24) is 14.5 Å². The van der Waals surface area contributed by atoms with E-state index in [1.54, 1.807) is 0 Å². The summed E-state index contributed by atoms with van der Waals surface area (Å²) >= 11 is 12.2. The largest absolute Gasteiger partial charge is 0.327 e. The molecule has 0 saturated heterocycles. The van der Waals surface area contributed by atoms with Crippen LogP contribution in [-0.4, -0.2) is 34.1 Å². The zero-order valence-electron chi connectivity index (χ0n) is 12.9. The number of aryl methyl sites for hydroxylation is 1. The number of hydrogen-bond acceptors (Lipinski definition) is 2. The molecular weight excluding hydrogens is 305 g/mol. The Morgan fingerprint density at radius 1 is 1.29 bits per heavy atom. The summed E-state index contributed by atoms with van der Waals surface area (Å²) < 4.78 is 2.20. The van der Waals surface area contributed by atoms with E-state index in [2.05, 4.69) is 41.4 Å². The Morgan fingerprint density at radius 3 is 2.71 bits per heavy atom. The van der Waals surface area contributed by atoms with Crippen LogP contribution in [0.15, 0.2) is 18.2 Å². The van der Waals surface area contributed by atoms with Gasteiger partial charge in [-0.2, -0.15) is 0 Å². The molecule has 2 rings (SSSR count). The van der Waals surface area contributed by atoms with Crippen LogP contribution in [0, 0.1) is 0 Å². The molecule has 1 aromatic carbocycles. The number of benzene rings is 1. The normalized spacial score (nSPS) is 12.0. The molecule has 2 aromatic rings. The Bertz CT molecular complexity index is 592. The number of fused-ring (bicyclic) bond motifs is 1. The van der Waals surface area contributed by atoms with Gasteiger partial charge in [-0.15, -0.1) is 11.6 Å². The third kappa shape index (κ3) is 3.91. The summed E-state index contributed by atoms with van der Waals surface area (Å²) in [5, 5.41) is 0.692. The van der Waals surface area contributed by atoms with Gasteiger partial charge in [0.2, 0.25) is 0 Å². The lowest BCUT2D eigenvalue weighted by Crippen LogP contribution is -2.27. The quantitative estimate of drug-likeness (QED) is 0.549. The summed E-state index contributed by atoms with van der Waals surface area (Å²) in [6.45, 7) is 6.49. The van der Waals surface area contributed by atoms with Gasteiger partial charge in [0.25, 0.3) is 0 Å². The Hall–Kier alpha value is -0.770. The molecule has 116 valence electrons. The third-order valence-corrected chi connectivity index (χ3v) is 4.50. The number of alkyl halides is 1. The van der Waals surface area contributed by atoms with Crippen LogP contribution in [0.5, 0.6) is 0 Å². The highest BCUT2D eigenvalue weighted by Gasteiger charge is 2.12. The molecule has 0 spiro atoms. The number of rotatable bonds is 7. The molecule has 1 heterocycles. The van der Waals surface area contributed by atoms with Crippen molar-refractivity contribution >= 4 is 34.2 Å². The highest BCUT2D eigenvalue weighted by molar-refractivity contribution is 6.35. The molecule has 1 aromatic heterocycles. The molecule has 0 aliphatic carbocycles. The van der Waals surface area contributed by atoms with Crippen LogP contribution >= 0.6 is 23.2 Å². The number of unbranched alkanes of at least 4 members (excludes halogenated alkanes) is 1. The summed E-state index contributed by atoms with van der Waals surface area (Å²) in [7, 11) is 2.17. The van der Waals surface area contributed by atoms with Gasteiger partial charge in [-0.1, -0.05) is 17.7 Å². The van der Waals surface area contributed by atoms with E-state index < -0.39 is 0 Å². The second-order valence-corrected chi connectivity index (χ2v) is 6.38. The third-order valence-electron chi connectivity index (χ3n) is 3.95. The number of nitrogens with zero attached hydrogens (tertiary/aromatic N) is 3. The zero-order chi connectivity index (χ0) is 15.4. The smallest absolute Gasteiger partial charge is 0.124 e. The van der Waals surface area contributed by atoms with Crippen molar-refractivity contribution in [1.29, 1.82) is 0 Å². The van der Waals surface area contributed by atoms with Crippen molar-refractivity contribution in [3.8, 4) is 0 Å². The molecule has 0 amide bonds. The summed E-state index contributed by atoms with van der Waals surface area (Å²) in [6.07, 6.45) is 2.27. The molecule has 0 bridgehead atoms. The second kappa shape index (κ2) is 7.48. The minimum atomic E-state index is 0.414. The molecule has 0 aliphatic rings. The maximum atomic E-state index is 6.21. The molecular formula is C16H23Cl2N3. The summed E-state index contributed by atoms with van der Waals surface area (Å²) in [4.78, 5) is 6.93. The Balaban J connectivity index is 2.06. The molecule has 0 fully saturated rings. The number of imidazole rings is 1. The van der Waals surface area contributed by atoms with E-state index in [0.717, 1.165) is 42.8 Å². The van der Waals surface area contributed by atoms with E-state index in [-0.39, 0.29) is 0 Å². The van der Waals surface area contributed by atoms with Crippen LogP contribution < -0.4 is 0 Å². The first-order valence-corrected chi connectivity index (χ1v) is 8.35. The lowest BCUT2D eigenvalue weighted by atomic mass is 10.2. The van der Waals surface area contributed by atoms with E-state index in [0.29, 0.717) is 16.9 Å². The first kappa shape index (κ1) is 16.6. The van der Waals surface area contributed by atoms with Crippen LogP contribution in [-0.2, 0) is 12.4 Å². The van der Waals surface area contributed by atoms with E-state index in [9.17, 15) is 0 Å². The Kier molecular flexibility index (Phi) is 5.91. The van der Waals surface area contributed by atoms with Gasteiger partial charge in [0.1, 0.15) is 11.3 Å². The maximum absolute atomic E-state index is 6.21. The average molecular weight is 328 g/mol.